The summed E-state index contributed by atoms with van der Waals surface area (Å²) in [6.07, 6.45) is 6.14. The normalized spacial score (nSPS) is 15.6. The van der Waals surface area contributed by atoms with Gasteiger partial charge in [-0.15, -0.1) is 10.2 Å². The predicted octanol–water partition coefficient (Wildman–Crippen LogP) is 3.92. The number of alkyl halides is 3. The number of nitrogens with one attached hydrogen (secondary N) is 1. The molecule has 1 aliphatic rings. The molecular weight excluding hydrogens is 490 g/mol. The fraction of sp³-hybridized carbons (Fsp3) is 0.208. The van der Waals surface area contributed by atoms with Gasteiger partial charge in [0.15, 0.2) is 5.82 Å². The smallest absolute Gasteiger partial charge is 0.334 e. The lowest BCUT2D eigenvalue weighted by molar-refractivity contribution is 0.0221. The molecule has 4 heterocycles. The summed E-state index contributed by atoms with van der Waals surface area (Å²) >= 11 is 0. The quantitative estimate of drug-likeness (QED) is 0.231. The fourth-order valence-electron chi connectivity index (χ4n) is 4.24. The first-order valence-corrected chi connectivity index (χ1v) is 11.2. The minimum Gasteiger partial charge on any atom is -0.404 e. The topological polar surface area (TPSA) is 112 Å². The molecule has 0 saturated carbocycles. The van der Waals surface area contributed by atoms with Gasteiger partial charge in [0, 0.05) is 31.5 Å². The Labute approximate surface area is 208 Å². The molecule has 0 amide bonds. The third-order valence-corrected chi connectivity index (χ3v) is 5.95. The second-order valence-electron chi connectivity index (χ2n) is 8.20. The molecule has 0 radical (unpaired) electrons. The van der Waals surface area contributed by atoms with E-state index in [-0.39, 0.29) is 18.3 Å². The Kier molecular flexibility index (Phi) is 6.19. The van der Waals surface area contributed by atoms with Crippen molar-refractivity contribution in [3.05, 3.63) is 78.3 Å². The van der Waals surface area contributed by atoms with Crippen molar-refractivity contribution in [3.63, 3.8) is 0 Å². The van der Waals surface area contributed by atoms with Gasteiger partial charge >= 0.3 is 5.92 Å². The largest absolute Gasteiger partial charge is 0.404 e. The molecule has 0 saturated heterocycles. The van der Waals surface area contributed by atoms with E-state index in [0.717, 1.165) is 16.7 Å². The van der Waals surface area contributed by atoms with E-state index >= 15 is 8.78 Å². The van der Waals surface area contributed by atoms with Crippen molar-refractivity contribution >= 4 is 11.8 Å². The highest BCUT2D eigenvalue weighted by Crippen LogP contribution is 2.41. The number of hydrogen-bond donors (Lipinski definition) is 2. The van der Waals surface area contributed by atoms with Gasteiger partial charge in [0.2, 0.25) is 11.8 Å². The van der Waals surface area contributed by atoms with Crippen LogP contribution in [0.15, 0.2) is 66.1 Å². The molecule has 1 aliphatic heterocycles. The first-order chi connectivity index (χ1) is 17.9. The summed E-state index contributed by atoms with van der Waals surface area (Å²) in [6.45, 7) is -0.908. The van der Waals surface area contributed by atoms with Crippen LogP contribution in [0.2, 0.25) is 0 Å². The molecule has 3 N–H and O–H groups in total. The van der Waals surface area contributed by atoms with E-state index in [2.05, 4.69) is 30.5 Å². The number of rotatable bonds is 6. The number of aliphatic imine (C=N–C) groups is 1. The van der Waals surface area contributed by atoms with Crippen LogP contribution in [-0.2, 0) is 12.5 Å². The van der Waals surface area contributed by atoms with Gasteiger partial charge in [-0.1, -0.05) is 12.1 Å². The predicted molar refractivity (Wildman–Crippen MR) is 129 cm³/mol. The first kappa shape index (κ1) is 24.2. The Morgan fingerprint density at radius 2 is 2.08 bits per heavy atom. The fourth-order valence-corrected chi connectivity index (χ4v) is 4.24. The Morgan fingerprint density at radius 3 is 2.81 bits per heavy atom. The second kappa shape index (κ2) is 9.48. The molecule has 9 nitrogen and oxygen atoms in total. The molecule has 1 atom stereocenters. The number of benzene rings is 1. The Balaban J connectivity index is 1.55. The second-order valence-corrected chi connectivity index (χ2v) is 8.20. The molecule has 0 bridgehead atoms. The van der Waals surface area contributed by atoms with E-state index in [1.54, 1.807) is 42.2 Å². The van der Waals surface area contributed by atoms with Crippen LogP contribution >= 0.6 is 0 Å². The van der Waals surface area contributed by atoms with Crippen molar-refractivity contribution in [1.82, 2.24) is 29.3 Å². The number of amidine groups is 1. The van der Waals surface area contributed by atoms with Gasteiger partial charge in [-0.05, 0) is 36.5 Å². The van der Waals surface area contributed by atoms with Crippen molar-refractivity contribution in [3.8, 4) is 22.8 Å². The standard InChI is InChI=1S/C24H21F4N9/c1-30-20(6-8-29)33-23-31-9-7-18(32-23)14-10-19-21-34-35-22(37(21)15(11-25)13-36(19)12-14)24(27,28)16-4-2-3-5-17(16)26/h2-10,12,15H,11,13,29H2,1H3,(H,30,31,32,33)/t15-/m0/s1. The summed E-state index contributed by atoms with van der Waals surface area (Å²) in [6, 6.07) is 6.88. The van der Waals surface area contributed by atoms with Crippen molar-refractivity contribution in [2.75, 3.05) is 19.0 Å². The lowest BCUT2D eigenvalue weighted by atomic mass is 10.1. The maximum Gasteiger partial charge on any atom is 0.334 e. The third-order valence-electron chi connectivity index (χ3n) is 5.95. The Hall–Kier alpha value is -4.55. The van der Waals surface area contributed by atoms with Crippen molar-refractivity contribution < 1.29 is 17.6 Å². The molecule has 0 fully saturated rings. The zero-order chi connectivity index (χ0) is 26.2. The number of aromatic nitrogens is 6. The summed E-state index contributed by atoms with van der Waals surface area (Å²) in [4.78, 5) is 12.7. The van der Waals surface area contributed by atoms with E-state index in [9.17, 15) is 8.78 Å². The van der Waals surface area contributed by atoms with Gasteiger partial charge in [-0.3, -0.25) is 9.56 Å². The van der Waals surface area contributed by atoms with E-state index < -0.39 is 35.8 Å². The number of halogens is 4. The molecule has 13 heteroatoms. The molecule has 5 rings (SSSR count). The van der Waals surface area contributed by atoms with Gasteiger partial charge in [-0.25, -0.2) is 18.7 Å². The van der Waals surface area contributed by atoms with Crippen LogP contribution in [0.3, 0.4) is 0 Å². The van der Waals surface area contributed by atoms with Crippen LogP contribution in [-0.4, -0.2) is 48.9 Å². The van der Waals surface area contributed by atoms with E-state index in [4.69, 9.17) is 5.73 Å². The van der Waals surface area contributed by atoms with Crippen molar-refractivity contribution in [2.24, 2.45) is 10.7 Å². The molecule has 37 heavy (non-hydrogen) atoms. The van der Waals surface area contributed by atoms with Crippen LogP contribution in [0.1, 0.15) is 17.4 Å². The zero-order valence-corrected chi connectivity index (χ0v) is 19.5. The van der Waals surface area contributed by atoms with Gasteiger partial charge in [0.25, 0.3) is 0 Å². The maximum absolute atomic E-state index is 15.4. The van der Waals surface area contributed by atoms with E-state index in [0.29, 0.717) is 22.8 Å². The van der Waals surface area contributed by atoms with Crippen LogP contribution in [0.5, 0.6) is 0 Å². The third kappa shape index (κ3) is 4.21. The molecule has 4 aromatic rings. The molecule has 0 unspecified atom stereocenters. The van der Waals surface area contributed by atoms with Crippen molar-refractivity contribution in [1.29, 1.82) is 0 Å². The molecule has 0 aliphatic carbocycles. The highest BCUT2D eigenvalue weighted by atomic mass is 19.3. The number of fused-ring (bicyclic) bond motifs is 3. The number of nitrogens with zero attached hydrogens (tertiary/aromatic N) is 7. The van der Waals surface area contributed by atoms with Crippen LogP contribution in [0.25, 0.3) is 22.8 Å². The SMILES string of the molecule is CN=C(C=CN)Nc1nccc(-c2cc3n(c2)C[C@H](CF)n2c-3nnc2C(F)(F)c2ccccc2F)n1. The van der Waals surface area contributed by atoms with Gasteiger partial charge in [-0.2, -0.15) is 8.78 Å². The summed E-state index contributed by atoms with van der Waals surface area (Å²) in [5.41, 5.74) is 6.15. The van der Waals surface area contributed by atoms with E-state index in [1.165, 1.54) is 18.3 Å². The van der Waals surface area contributed by atoms with Gasteiger partial charge in [0.1, 0.15) is 18.3 Å². The summed E-state index contributed by atoms with van der Waals surface area (Å²) < 4.78 is 62.0. The average molecular weight is 511 g/mol. The van der Waals surface area contributed by atoms with E-state index in [1.807, 2.05) is 0 Å². The maximum atomic E-state index is 15.4. The Morgan fingerprint density at radius 1 is 1.27 bits per heavy atom. The molecule has 3 aromatic heterocycles. The number of nitrogens with two attached hydrogens (primary N) is 1. The number of hydrogen-bond acceptors (Lipinski definition) is 6. The zero-order valence-electron chi connectivity index (χ0n) is 19.5. The molecule has 1 aromatic carbocycles. The monoisotopic (exact) mass is 511 g/mol. The molecular formula is C24H21F4N9. The summed E-state index contributed by atoms with van der Waals surface area (Å²) in [5, 5.41) is 10.6. The summed E-state index contributed by atoms with van der Waals surface area (Å²) in [7, 11) is 1.58. The lowest BCUT2D eigenvalue weighted by Crippen LogP contribution is -2.30. The minimum absolute atomic E-state index is 0.0430. The van der Waals surface area contributed by atoms with Crippen molar-refractivity contribution in [2.45, 2.75) is 18.5 Å². The average Bonchev–Trinajstić information content (AvgIpc) is 3.53. The number of anilines is 1. The van der Waals surface area contributed by atoms with Crippen LogP contribution in [0, 0.1) is 5.82 Å². The van der Waals surface area contributed by atoms with Gasteiger partial charge in [0.05, 0.1) is 23.0 Å². The first-order valence-electron chi connectivity index (χ1n) is 11.2. The highest BCUT2D eigenvalue weighted by molar-refractivity contribution is 6.02. The highest BCUT2D eigenvalue weighted by Gasteiger charge is 2.45. The molecule has 0 spiro atoms. The van der Waals surface area contributed by atoms with Crippen LogP contribution < -0.4 is 11.1 Å². The van der Waals surface area contributed by atoms with Gasteiger partial charge < -0.3 is 15.6 Å². The minimum atomic E-state index is -3.83. The summed E-state index contributed by atoms with van der Waals surface area (Å²) in [5.74, 6) is -4.99. The Bertz CT molecular complexity index is 1510. The van der Waals surface area contributed by atoms with Crippen LogP contribution in [0.4, 0.5) is 23.5 Å². The lowest BCUT2D eigenvalue weighted by Gasteiger charge is -2.28. The molecule has 190 valence electrons.